The van der Waals surface area contributed by atoms with Crippen molar-refractivity contribution in [3.05, 3.63) is 64.5 Å². The maximum absolute atomic E-state index is 13.2. The molecule has 36 heavy (non-hydrogen) atoms. The Hall–Kier alpha value is -3.79. The van der Waals surface area contributed by atoms with Crippen LogP contribution in [0.4, 0.5) is 4.79 Å². The van der Waals surface area contributed by atoms with Crippen molar-refractivity contribution >= 4 is 23.5 Å². The van der Waals surface area contributed by atoms with Gasteiger partial charge in [-0.2, -0.15) is 0 Å². The molecule has 0 bridgehead atoms. The van der Waals surface area contributed by atoms with Gasteiger partial charge in [0.2, 0.25) is 0 Å². The highest BCUT2D eigenvalue weighted by Gasteiger charge is 2.41. The van der Waals surface area contributed by atoms with Gasteiger partial charge in [-0.25, -0.2) is 4.79 Å². The zero-order valence-corrected chi connectivity index (χ0v) is 21.0. The SMILES string of the molecule is CC#Cc1cc(C)c(C2C(=O)CC(C3CCN(C(=O)NC(=O)c4ccccn4)CC3)CC2=O)c(C)c1. The lowest BCUT2D eigenvalue weighted by Crippen LogP contribution is -2.48. The number of nitrogens with one attached hydrogen (secondary N) is 1. The van der Waals surface area contributed by atoms with Crippen molar-refractivity contribution in [2.75, 3.05) is 13.1 Å². The first-order chi connectivity index (χ1) is 17.3. The third-order valence-electron chi connectivity index (χ3n) is 7.33. The summed E-state index contributed by atoms with van der Waals surface area (Å²) < 4.78 is 0. The summed E-state index contributed by atoms with van der Waals surface area (Å²) in [6, 6.07) is 8.40. The van der Waals surface area contributed by atoms with Crippen LogP contribution in [0.2, 0.25) is 0 Å². The number of benzene rings is 1. The number of hydrogen-bond donors (Lipinski definition) is 1. The standard InChI is InChI=1S/C29H31N3O4/c1-4-7-20-14-18(2)26(19(3)15-20)27-24(33)16-22(17-25(27)34)21-9-12-32(13-10-21)29(36)31-28(35)23-8-5-6-11-30-23/h5-6,8,11,14-15,21-22,27H,9-10,12-13,16-17H2,1-3H3,(H,31,35,36). The maximum atomic E-state index is 13.2. The highest BCUT2D eigenvalue weighted by Crippen LogP contribution is 2.39. The van der Waals surface area contributed by atoms with E-state index in [1.165, 1.54) is 6.20 Å². The van der Waals surface area contributed by atoms with E-state index >= 15 is 0 Å². The van der Waals surface area contributed by atoms with E-state index in [9.17, 15) is 19.2 Å². The molecule has 186 valence electrons. The molecule has 0 unspecified atom stereocenters. The van der Waals surface area contributed by atoms with Crippen LogP contribution in [0, 0.1) is 37.5 Å². The van der Waals surface area contributed by atoms with Crippen molar-refractivity contribution in [3.8, 4) is 11.8 Å². The molecule has 2 aliphatic rings. The summed E-state index contributed by atoms with van der Waals surface area (Å²) in [4.78, 5) is 56.8. The second-order valence-corrected chi connectivity index (χ2v) is 9.73. The van der Waals surface area contributed by atoms with Gasteiger partial charge in [0.1, 0.15) is 23.2 Å². The number of aryl methyl sites for hydroxylation is 2. The third-order valence-corrected chi connectivity index (χ3v) is 7.33. The second kappa shape index (κ2) is 10.9. The molecule has 1 aliphatic heterocycles. The van der Waals surface area contributed by atoms with Crippen molar-refractivity contribution < 1.29 is 19.2 Å². The minimum atomic E-state index is -0.701. The van der Waals surface area contributed by atoms with Crippen LogP contribution in [-0.2, 0) is 9.59 Å². The molecular formula is C29H31N3O4. The Balaban J connectivity index is 1.36. The van der Waals surface area contributed by atoms with E-state index in [2.05, 4.69) is 22.1 Å². The first-order valence-corrected chi connectivity index (χ1v) is 12.4. The largest absolute Gasteiger partial charge is 0.324 e. The number of carbonyl (C=O) groups excluding carboxylic acids is 4. The molecule has 0 spiro atoms. The van der Waals surface area contributed by atoms with Gasteiger partial charge in [-0.1, -0.05) is 12.0 Å². The van der Waals surface area contributed by atoms with Gasteiger partial charge in [0.15, 0.2) is 0 Å². The molecule has 0 radical (unpaired) electrons. The average molecular weight is 486 g/mol. The normalized spacial score (nSPS) is 20.5. The number of hydrogen-bond acceptors (Lipinski definition) is 5. The Morgan fingerprint density at radius 2 is 1.64 bits per heavy atom. The zero-order chi connectivity index (χ0) is 25.8. The minimum absolute atomic E-state index is 0.00699. The maximum Gasteiger partial charge on any atom is 0.324 e. The first-order valence-electron chi connectivity index (χ1n) is 12.4. The summed E-state index contributed by atoms with van der Waals surface area (Å²) >= 11 is 0. The van der Waals surface area contributed by atoms with Crippen LogP contribution in [0.25, 0.3) is 0 Å². The fraction of sp³-hybridized carbons (Fsp3) is 0.414. The number of carbonyl (C=O) groups is 4. The summed E-state index contributed by atoms with van der Waals surface area (Å²) in [6.07, 6.45) is 3.65. The predicted octanol–water partition coefficient (Wildman–Crippen LogP) is 3.96. The summed E-state index contributed by atoms with van der Waals surface area (Å²) in [5, 5.41) is 2.39. The highest BCUT2D eigenvalue weighted by atomic mass is 16.2. The van der Waals surface area contributed by atoms with Crippen LogP contribution in [0.5, 0.6) is 0 Å². The van der Waals surface area contributed by atoms with Crippen molar-refractivity contribution in [2.45, 2.75) is 52.4 Å². The molecule has 2 aromatic rings. The lowest BCUT2D eigenvalue weighted by atomic mass is 9.69. The molecule has 1 N–H and O–H groups in total. The molecule has 1 saturated heterocycles. The Bertz CT molecular complexity index is 1210. The predicted molar refractivity (Wildman–Crippen MR) is 135 cm³/mol. The number of amides is 3. The molecule has 2 fully saturated rings. The number of ketones is 2. The van der Waals surface area contributed by atoms with E-state index in [1.54, 1.807) is 30.0 Å². The molecule has 0 atom stereocenters. The summed E-state index contributed by atoms with van der Waals surface area (Å²) in [5.74, 6) is 4.86. The second-order valence-electron chi connectivity index (χ2n) is 9.73. The van der Waals surface area contributed by atoms with Gasteiger partial charge in [-0.15, -0.1) is 5.92 Å². The van der Waals surface area contributed by atoms with Crippen LogP contribution in [-0.4, -0.2) is 46.5 Å². The average Bonchev–Trinajstić information content (AvgIpc) is 2.86. The highest BCUT2D eigenvalue weighted by molar-refractivity contribution is 6.10. The third kappa shape index (κ3) is 5.38. The molecule has 1 aromatic carbocycles. The fourth-order valence-electron chi connectivity index (χ4n) is 5.62. The van der Waals surface area contributed by atoms with E-state index in [1.807, 2.05) is 26.0 Å². The molecule has 7 nitrogen and oxygen atoms in total. The Kier molecular flexibility index (Phi) is 7.64. The molecule has 2 heterocycles. The summed E-state index contributed by atoms with van der Waals surface area (Å²) in [5.41, 5.74) is 3.76. The van der Waals surface area contributed by atoms with Crippen LogP contribution in [0.15, 0.2) is 36.5 Å². The quantitative estimate of drug-likeness (QED) is 0.524. The minimum Gasteiger partial charge on any atom is -0.324 e. The summed E-state index contributed by atoms with van der Waals surface area (Å²) in [7, 11) is 0. The molecular weight excluding hydrogens is 454 g/mol. The molecule has 1 aromatic heterocycles. The Morgan fingerprint density at radius 3 is 2.19 bits per heavy atom. The van der Waals surface area contributed by atoms with Crippen LogP contribution in [0.3, 0.4) is 0 Å². The van der Waals surface area contributed by atoms with Gasteiger partial charge in [0.05, 0.1) is 0 Å². The Morgan fingerprint density at radius 1 is 1.00 bits per heavy atom. The topological polar surface area (TPSA) is 96.4 Å². The first kappa shape index (κ1) is 25.3. The molecule has 7 heteroatoms. The number of pyridine rings is 1. The monoisotopic (exact) mass is 485 g/mol. The van der Waals surface area contributed by atoms with E-state index in [0.717, 1.165) is 22.3 Å². The van der Waals surface area contributed by atoms with E-state index < -0.39 is 17.9 Å². The number of rotatable bonds is 3. The van der Waals surface area contributed by atoms with E-state index in [4.69, 9.17) is 0 Å². The van der Waals surface area contributed by atoms with Crippen molar-refractivity contribution in [2.24, 2.45) is 11.8 Å². The number of aromatic nitrogens is 1. The molecule has 4 rings (SSSR count). The fourth-order valence-corrected chi connectivity index (χ4v) is 5.62. The molecule has 1 saturated carbocycles. The van der Waals surface area contributed by atoms with Crippen molar-refractivity contribution in [1.82, 2.24) is 15.2 Å². The number of imide groups is 1. The van der Waals surface area contributed by atoms with Crippen molar-refractivity contribution in [3.63, 3.8) is 0 Å². The number of likely N-dealkylation sites (tertiary alicyclic amines) is 1. The van der Waals surface area contributed by atoms with E-state index in [0.29, 0.717) is 38.8 Å². The summed E-state index contributed by atoms with van der Waals surface area (Å²) in [6.45, 7) is 6.62. The van der Waals surface area contributed by atoms with Crippen LogP contribution in [0.1, 0.15) is 71.3 Å². The van der Waals surface area contributed by atoms with Gasteiger partial charge < -0.3 is 4.90 Å². The lowest BCUT2D eigenvalue weighted by molar-refractivity contribution is -0.134. The lowest BCUT2D eigenvalue weighted by Gasteiger charge is -2.38. The smallest absolute Gasteiger partial charge is 0.324 e. The number of urea groups is 1. The van der Waals surface area contributed by atoms with Crippen molar-refractivity contribution in [1.29, 1.82) is 0 Å². The number of Topliss-reactive ketones (excluding diaryl/α,β-unsaturated/α-hetero) is 2. The van der Waals surface area contributed by atoms with Crippen LogP contribution >= 0.6 is 0 Å². The molecule has 3 amide bonds. The van der Waals surface area contributed by atoms with Gasteiger partial charge in [0.25, 0.3) is 5.91 Å². The Labute approximate surface area is 211 Å². The van der Waals surface area contributed by atoms with Gasteiger partial charge in [-0.3, -0.25) is 24.7 Å². The van der Waals surface area contributed by atoms with Crippen LogP contribution < -0.4 is 5.32 Å². The zero-order valence-electron chi connectivity index (χ0n) is 21.0. The van der Waals surface area contributed by atoms with Gasteiger partial charge >= 0.3 is 6.03 Å². The van der Waals surface area contributed by atoms with Gasteiger partial charge in [-0.05, 0) is 86.4 Å². The molecule has 1 aliphatic carbocycles. The van der Waals surface area contributed by atoms with Gasteiger partial charge in [0, 0.05) is 37.7 Å². The number of nitrogens with zero attached hydrogens (tertiary/aromatic N) is 2. The number of piperidine rings is 1. The van der Waals surface area contributed by atoms with E-state index in [-0.39, 0.29) is 29.1 Å².